The summed E-state index contributed by atoms with van der Waals surface area (Å²) >= 11 is 0. The molecule has 6 heteroatoms. The van der Waals surface area contributed by atoms with Crippen LogP contribution in [-0.4, -0.2) is 43.0 Å². The van der Waals surface area contributed by atoms with Gasteiger partial charge in [-0.15, -0.1) is 0 Å². The first-order valence-corrected chi connectivity index (χ1v) is 7.63. The first kappa shape index (κ1) is 16.3. The molecule has 3 amide bonds. The molecule has 0 radical (unpaired) electrons. The monoisotopic (exact) mass is 304 g/mol. The van der Waals surface area contributed by atoms with E-state index < -0.39 is 6.03 Å². The summed E-state index contributed by atoms with van der Waals surface area (Å²) in [6.45, 7) is 4.50. The summed E-state index contributed by atoms with van der Waals surface area (Å²) in [7, 11) is 2.10. The molecule has 2 rings (SSSR count). The summed E-state index contributed by atoms with van der Waals surface area (Å²) in [5.41, 5.74) is 7.47. The Kier molecular flexibility index (Phi) is 5.38. The quantitative estimate of drug-likeness (QED) is 0.879. The molecule has 0 unspecified atom stereocenters. The third kappa shape index (κ3) is 3.98. The minimum Gasteiger partial charge on any atom is -0.373 e. The van der Waals surface area contributed by atoms with Crippen LogP contribution in [0, 0.1) is 0 Å². The van der Waals surface area contributed by atoms with Gasteiger partial charge in [0.05, 0.1) is 0 Å². The van der Waals surface area contributed by atoms with Crippen LogP contribution in [0.3, 0.4) is 0 Å². The third-order valence-corrected chi connectivity index (χ3v) is 4.14. The summed E-state index contributed by atoms with van der Waals surface area (Å²) in [5, 5.41) is 2.12. The number of anilines is 1. The van der Waals surface area contributed by atoms with Crippen molar-refractivity contribution in [1.82, 2.24) is 10.2 Å². The molecule has 0 saturated carbocycles. The Bertz CT molecular complexity index is 547. The van der Waals surface area contributed by atoms with E-state index in [-0.39, 0.29) is 12.3 Å². The lowest BCUT2D eigenvalue weighted by atomic mass is 10.1. The maximum Gasteiger partial charge on any atom is 0.318 e. The number of benzene rings is 1. The smallest absolute Gasteiger partial charge is 0.318 e. The van der Waals surface area contributed by atoms with E-state index in [0.717, 1.165) is 19.5 Å². The van der Waals surface area contributed by atoms with E-state index in [1.807, 2.05) is 12.1 Å². The van der Waals surface area contributed by atoms with Crippen LogP contribution in [0.15, 0.2) is 24.3 Å². The van der Waals surface area contributed by atoms with Gasteiger partial charge in [-0.05, 0) is 18.1 Å². The van der Waals surface area contributed by atoms with Crippen LogP contribution in [0.25, 0.3) is 0 Å². The Balaban J connectivity index is 2.08. The second-order valence-corrected chi connectivity index (χ2v) is 5.70. The molecule has 1 atom stereocenters. The minimum absolute atomic E-state index is 0.269. The minimum atomic E-state index is -0.794. The maximum absolute atomic E-state index is 11.6. The SMILES string of the molecule is CC[C@@H]1CN(C)c2ccccc2CN1CCC(=O)NC(N)=O. The average Bonchev–Trinajstić information content (AvgIpc) is 2.61. The number of primary amides is 1. The Hall–Kier alpha value is -2.08. The molecule has 0 aromatic heterocycles. The summed E-state index contributed by atoms with van der Waals surface area (Å²) < 4.78 is 0. The Morgan fingerprint density at radius 2 is 2.09 bits per heavy atom. The van der Waals surface area contributed by atoms with E-state index in [2.05, 4.69) is 41.2 Å². The van der Waals surface area contributed by atoms with Crippen LogP contribution < -0.4 is 16.0 Å². The molecular weight excluding hydrogens is 280 g/mol. The van der Waals surface area contributed by atoms with Crippen molar-refractivity contribution in [3.63, 3.8) is 0 Å². The van der Waals surface area contributed by atoms with Crippen molar-refractivity contribution >= 4 is 17.6 Å². The fourth-order valence-electron chi connectivity index (χ4n) is 2.99. The fraction of sp³-hybridized carbons (Fsp3) is 0.500. The first-order valence-electron chi connectivity index (χ1n) is 7.63. The molecule has 0 aliphatic carbocycles. The van der Waals surface area contributed by atoms with Gasteiger partial charge in [0.1, 0.15) is 0 Å². The van der Waals surface area contributed by atoms with Crippen LogP contribution in [0.4, 0.5) is 10.5 Å². The molecule has 3 N–H and O–H groups in total. The number of hydrogen-bond acceptors (Lipinski definition) is 4. The van der Waals surface area contributed by atoms with Crippen molar-refractivity contribution in [3.05, 3.63) is 29.8 Å². The van der Waals surface area contributed by atoms with Gasteiger partial charge in [-0.25, -0.2) is 4.79 Å². The van der Waals surface area contributed by atoms with E-state index in [4.69, 9.17) is 5.73 Å². The van der Waals surface area contributed by atoms with Crippen molar-refractivity contribution in [3.8, 4) is 0 Å². The summed E-state index contributed by atoms with van der Waals surface area (Å²) in [5.74, 6) is -0.326. The molecule has 1 aliphatic rings. The van der Waals surface area contributed by atoms with Gasteiger partial charge in [-0.2, -0.15) is 0 Å². The molecule has 1 aromatic carbocycles. The topological polar surface area (TPSA) is 78.7 Å². The summed E-state index contributed by atoms with van der Waals surface area (Å²) in [6, 6.07) is 7.92. The Morgan fingerprint density at radius 3 is 2.77 bits per heavy atom. The highest BCUT2D eigenvalue weighted by Crippen LogP contribution is 2.26. The zero-order valence-electron chi connectivity index (χ0n) is 13.2. The predicted octanol–water partition coefficient (Wildman–Crippen LogP) is 1.30. The van der Waals surface area contributed by atoms with Gasteiger partial charge in [0, 0.05) is 44.8 Å². The highest BCUT2D eigenvalue weighted by atomic mass is 16.2. The zero-order chi connectivity index (χ0) is 16.1. The highest BCUT2D eigenvalue weighted by molar-refractivity contribution is 5.93. The number of imide groups is 1. The molecule has 1 aliphatic heterocycles. The number of nitrogens with two attached hydrogens (primary N) is 1. The number of amides is 3. The van der Waals surface area contributed by atoms with Crippen molar-refractivity contribution in [2.24, 2.45) is 5.73 Å². The van der Waals surface area contributed by atoms with Gasteiger partial charge >= 0.3 is 6.03 Å². The van der Waals surface area contributed by atoms with E-state index in [1.165, 1.54) is 11.3 Å². The standard InChI is InChI=1S/C16H24N4O2/c1-3-13-11-19(2)14-7-5-4-6-12(14)10-20(13)9-8-15(21)18-16(17)22/h4-7,13H,3,8-11H2,1-2H3,(H3,17,18,21,22)/t13-/m1/s1. The van der Waals surface area contributed by atoms with E-state index in [1.54, 1.807) is 0 Å². The maximum atomic E-state index is 11.6. The molecule has 22 heavy (non-hydrogen) atoms. The Labute approximate surface area is 131 Å². The van der Waals surface area contributed by atoms with E-state index >= 15 is 0 Å². The van der Waals surface area contributed by atoms with Gasteiger partial charge < -0.3 is 10.6 Å². The van der Waals surface area contributed by atoms with E-state index in [9.17, 15) is 9.59 Å². The molecule has 1 aromatic rings. The van der Waals surface area contributed by atoms with E-state index in [0.29, 0.717) is 12.6 Å². The van der Waals surface area contributed by atoms with Gasteiger partial charge in [-0.1, -0.05) is 25.1 Å². The number of hydrogen-bond donors (Lipinski definition) is 2. The number of urea groups is 1. The van der Waals surface area contributed by atoms with Crippen LogP contribution >= 0.6 is 0 Å². The zero-order valence-corrected chi connectivity index (χ0v) is 13.2. The van der Waals surface area contributed by atoms with Crippen molar-refractivity contribution < 1.29 is 9.59 Å². The van der Waals surface area contributed by atoms with Crippen molar-refractivity contribution in [2.45, 2.75) is 32.4 Å². The number of likely N-dealkylation sites (N-methyl/N-ethyl adjacent to an activating group) is 1. The third-order valence-electron chi connectivity index (χ3n) is 4.14. The molecule has 0 bridgehead atoms. The summed E-state index contributed by atoms with van der Waals surface area (Å²) in [4.78, 5) is 26.9. The molecular formula is C16H24N4O2. The normalized spacial score (nSPS) is 18.5. The largest absolute Gasteiger partial charge is 0.373 e. The molecule has 6 nitrogen and oxygen atoms in total. The van der Waals surface area contributed by atoms with Gasteiger partial charge in [0.25, 0.3) is 0 Å². The number of rotatable bonds is 4. The molecule has 0 saturated heterocycles. The second-order valence-electron chi connectivity index (χ2n) is 5.70. The number of carbonyl (C=O) groups excluding carboxylic acids is 2. The average molecular weight is 304 g/mol. The lowest BCUT2D eigenvalue weighted by Gasteiger charge is -2.30. The number of carbonyl (C=O) groups is 2. The number of fused-ring (bicyclic) bond motifs is 1. The second kappa shape index (κ2) is 7.26. The molecule has 0 fully saturated rings. The summed E-state index contributed by atoms with van der Waals surface area (Å²) in [6.07, 6.45) is 1.28. The first-order chi connectivity index (χ1) is 10.5. The predicted molar refractivity (Wildman–Crippen MR) is 86.5 cm³/mol. The van der Waals surface area contributed by atoms with Crippen molar-refractivity contribution in [1.29, 1.82) is 0 Å². The number of para-hydroxylation sites is 1. The van der Waals surface area contributed by atoms with Gasteiger partial charge in [0.15, 0.2) is 0 Å². The molecule has 120 valence electrons. The number of nitrogens with one attached hydrogen (secondary N) is 1. The van der Waals surface area contributed by atoms with Crippen LogP contribution in [0.5, 0.6) is 0 Å². The Morgan fingerprint density at radius 1 is 1.36 bits per heavy atom. The van der Waals surface area contributed by atoms with Crippen LogP contribution in [0.1, 0.15) is 25.3 Å². The molecule has 1 heterocycles. The lowest BCUT2D eigenvalue weighted by Crippen LogP contribution is -2.42. The van der Waals surface area contributed by atoms with Crippen LogP contribution in [0.2, 0.25) is 0 Å². The number of nitrogens with zero attached hydrogens (tertiary/aromatic N) is 2. The lowest BCUT2D eigenvalue weighted by molar-refractivity contribution is -0.120. The van der Waals surface area contributed by atoms with Gasteiger partial charge in [-0.3, -0.25) is 15.0 Å². The molecule has 0 spiro atoms. The van der Waals surface area contributed by atoms with Gasteiger partial charge in [0.2, 0.25) is 5.91 Å². The fourth-order valence-corrected chi connectivity index (χ4v) is 2.99. The van der Waals surface area contributed by atoms with Crippen molar-refractivity contribution in [2.75, 3.05) is 25.0 Å². The highest BCUT2D eigenvalue weighted by Gasteiger charge is 2.25. The van der Waals surface area contributed by atoms with Crippen LogP contribution in [-0.2, 0) is 11.3 Å².